The third-order valence-electron chi connectivity index (χ3n) is 9.92. The summed E-state index contributed by atoms with van der Waals surface area (Å²) < 4.78 is 12.8. The zero-order valence-corrected chi connectivity index (χ0v) is 28.7. The lowest BCUT2D eigenvalue weighted by Gasteiger charge is -2.13. The Morgan fingerprint density at radius 1 is 0.491 bits per heavy atom. The second-order valence-corrected chi connectivity index (χ2v) is 13.1. The van der Waals surface area contributed by atoms with Crippen molar-refractivity contribution < 1.29 is 8.83 Å². The molecular formula is C48H31N3O2. The summed E-state index contributed by atoms with van der Waals surface area (Å²) in [6.07, 6.45) is 10.2. The summed E-state index contributed by atoms with van der Waals surface area (Å²) in [4.78, 5) is 15.5. The van der Waals surface area contributed by atoms with Crippen molar-refractivity contribution in [2.24, 2.45) is 0 Å². The average molecular weight is 682 g/mol. The summed E-state index contributed by atoms with van der Waals surface area (Å²) in [6, 6.07) is 46.1. The van der Waals surface area contributed by atoms with Gasteiger partial charge in [0.1, 0.15) is 28.2 Å². The van der Waals surface area contributed by atoms with E-state index in [2.05, 4.69) is 128 Å². The van der Waals surface area contributed by atoms with Gasteiger partial charge in [-0.25, -0.2) is 15.0 Å². The molecule has 0 saturated heterocycles. The van der Waals surface area contributed by atoms with Gasteiger partial charge >= 0.3 is 0 Å². The molecule has 0 radical (unpaired) electrons. The topological polar surface area (TPSA) is 65.0 Å². The normalized spacial score (nSPS) is 12.2. The Hall–Kier alpha value is -7.11. The fraction of sp³-hybridized carbons (Fsp3) is 0.0208. The molecular weight excluding hydrogens is 651 g/mol. The summed E-state index contributed by atoms with van der Waals surface area (Å²) in [7, 11) is 0. The highest BCUT2D eigenvalue weighted by molar-refractivity contribution is 6.20. The van der Waals surface area contributed by atoms with E-state index in [1.165, 1.54) is 5.39 Å². The van der Waals surface area contributed by atoms with Gasteiger partial charge in [-0.1, -0.05) is 128 Å². The Morgan fingerprint density at radius 3 is 2.06 bits per heavy atom. The van der Waals surface area contributed by atoms with Gasteiger partial charge in [-0.2, -0.15) is 0 Å². The third kappa shape index (κ3) is 5.29. The van der Waals surface area contributed by atoms with Gasteiger partial charge in [0.05, 0.1) is 0 Å². The Kier molecular flexibility index (Phi) is 7.29. The molecule has 10 rings (SSSR count). The first-order valence-corrected chi connectivity index (χ1v) is 17.7. The minimum Gasteiger partial charge on any atom is -0.456 e. The van der Waals surface area contributed by atoms with Gasteiger partial charge in [0.2, 0.25) is 0 Å². The number of para-hydroxylation sites is 1. The molecule has 0 aliphatic rings. The number of nitrogens with zero attached hydrogens (tertiary/aromatic N) is 3. The first-order valence-electron chi connectivity index (χ1n) is 17.7. The number of benzene rings is 7. The second kappa shape index (κ2) is 12.6. The van der Waals surface area contributed by atoms with Crippen LogP contribution < -0.4 is 0 Å². The summed E-state index contributed by atoms with van der Waals surface area (Å²) in [6.45, 7) is 3.78. The van der Waals surface area contributed by atoms with Crippen molar-refractivity contribution in [3.63, 3.8) is 0 Å². The highest BCUT2D eigenvalue weighted by Crippen LogP contribution is 2.44. The molecule has 5 heteroatoms. The zero-order valence-electron chi connectivity index (χ0n) is 28.7. The average Bonchev–Trinajstić information content (AvgIpc) is 3.78. The van der Waals surface area contributed by atoms with Crippen LogP contribution in [0.4, 0.5) is 0 Å². The molecule has 53 heavy (non-hydrogen) atoms. The predicted molar refractivity (Wildman–Crippen MR) is 218 cm³/mol. The Bertz CT molecular complexity index is 3130. The molecule has 5 nitrogen and oxygen atoms in total. The highest BCUT2D eigenvalue weighted by atomic mass is 16.3. The van der Waals surface area contributed by atoms with Gasteiger partial charge in [0, 0.05) is 39.1 Å². The first-order chi connectivity index (χ1) is 26.2. The van der Waals surface area contributed by atoms with Crippen molar-refractivity contribution in [1.29, 1.82) is 0 Å². The van der Waals surface area contributed by atoms with Gasteiger partial charge in [-0.3, -0.25) is 0 Å². The van der Waals surface area contributed by atoms with E-state index in [9.17, 15) is 0 Å². The predicted octanol–water partition coefficient (Wildman–Crippen LogP) is 12.8. The molecule has 0 unspecified atom stereocenters. The van der Waals surface area contributed by atoms with Crippen molar-refractivity contribution in [1.82, 2.24) is 15.0 Å². The number of hydrogen-bond donors (Lipinski definition) is 0. The lowest BCUT2D eigenvalue weighted by Crippen LogP contribution is -2.03. The lowest BCUT2D eigenvalue weighted by molar-refractivity contribution is 0.668. The smallest absolute Gasteiger partial charge is 0.165 e. The van der Waals surface area contributed by atoms with Crippen LogP contribution in [0.5, 0.6) is 0 Å². The summed E-state index contributed by atoms with van der Waals surface area (Å²) in [5.74, 6) is 1.87. The minimum atomic E-state index is 0.523. The summed E-state index contributed by atoms with van der Waals surface area (Å²) in [5.41, 5.74) is 7.13. The SMILES string of the molecule is C=C/C=C\C=C/Cc1nc(-c2ccc3ccccc3c2)nc(-c2c(-c3ccc4oc5ccc6ccccc6c5c4c3)ccc3oc4ccccc4c23)n1. The number of hydrogen-bond acceptors (Lipinski definition) is 5. The minimum absolute atomic E-state index is 0.523. The van der Waals surface area contributed by atoms with E-state index in [0.717, 1.165) is 82.3 Å². The molecule has 0 aliphatic heterocycles. The highest BCUT2D eigenvalue weighted by Gasteiger charge is 2.22. The second-order valence-electron chi connectivity index (χ2n) is 13.1. The quantitative estimate of drug-likeness (QED) is 0.157. The maximum Gasteiger partial charge on any atom is 0.165 e. The molecule has 0 N–H and O–H groups in total. The van der Waals surface area contributed by atoms with Gasteiger partial charge in [-0.15, -0.1) is 0 Å². The molecule has 0 saturated carbocycles. The van der Waals surface area contributed by atoms with E-state index in [1.54, 1.807) is 6.08 Å². The third-order valence-corrected chi connectivity index (χ3v) is 9.92. The van der Waals surface area contributed by atoms with Crippen LogP contribution in [0.2, 0.25) is 0 Å². The number of fused-ring (bicyclic) bond motifs is 9. The first kappa shape index (κ1) is 30.7. The van der Waals surface area contributed by atoms with E-state index in [-0.39, 0.29) is 0 Å². The van der Waals surface area contributed by atoms with Gasteiger partial charge in [0.25, 0.3) is 0 Å². The molecule has 0 bridgehead atoms. The zero-order chi connectivity index (χ0) is 35.3. The Balaban J connectivity index is 1.25. The standard InChI is InChI=1S/C48H31N3O2/c1-2-3-4-5-6-19-43-49-47(34-21-20-30-13-7-8-15-32(30)28-34)51-48(50-43)46-36(24-27-42-45(46)37-17-11-12-18-39(37)52-42)33-23-25-40-38(29-33)44-35-16-10-9-14-31(35)22-26-41(44)53-40/h2-18,20-29H,1,19H2/b4-3-,6-5-. The van der Waals surface area contributed by atoms with E-state index < -0.39 is 0 Å². The molecule has 0 aliphatic carbocycles. The molecule has 3 aromatic heterocycles. The van der Waals surface area contributed by atoms with Crippen LogP contribution in [-0.2, 0) is 6.42 Å². The summed E-state index contributed by atoms with van der Waals surface area (Å²) in [5, 5.41) is 8.76. The number of furan rings is 2. The van der Waals surface area contributed by atoms with Crippen LogP contribution in [0.3, 0.4) is 0 Å². The molecule has 250 valence electrons. The van der Waals surface area contributed by atoms with Crippen molar-refractivity contribution in [3.8, 4) is 33.9 Å². The van der Waals surface area contributed by atoms with Gasteiger partial charge in [0.15, 0.2) is 11.6 Å². The van der Waals surface area contributed by atoms with E-state index in [1.807, 2.05) is 36.4 Å². The summed E-state index contributed by atoms with van der Waals surface area (Å²) >= 11 is 0. The van der Waals surface area contributed by atoms with E-state index in [4.69, 9.17) is 23.8 Å². The van der Waals surface area contributed by atoms with Gasteiger partial charge < -0.3 is 8.83 Å². The fourth-order valence-electron chi connectivity index (χ4n) is 7.48. The van der Waals surface area contributed by atoms with Crippen LogP contribution in [-0.4, -0.2) is 15.0 Å². The molecule has 7 aromatic carbocycles. The lowest BCUT2D eigenvalue weighted by atomic mass is 9.93. The fourth-order valence-corrected chi connectivity index (χ4v) is 7.48. The number of rotatable bonds is 7. The Labute approximate surface area is 304 Å². The van der Waals surface area contributed by atoms with E-state index >= 15 is 0 Å². The Morgan fingerprint density at radius 2 is 1.17 bits per heavy atom. The monoisotopic (exact) mass is 681 g/mol. The molecule has 10 aromatic rings. The van der Waals surface area contributed by atoms with Crippen molar-refractivity contribution in [2.45, 2.75) is 6.42 Å². The molecule has 0 spiro atoms. The number of allylic oxidation sites excluding steroid dienone is 5. The van der Waals surface area contributed by atoms with Gasteiger partial charge in [-0.05, 0) is 75.1 Å². The largest absolute Gasteiger partial charge is 0.456 e. The van der Waals surface area contributed by atoms with Crippen molar-refractivity contribution in [2.75, 3.05) is 0 Å². The van der Waals surface area contributed by atoms with Crippen molar-refractivity contribution in [3.05, 3.63) is 176 Å². The van der Waals surface area contributed by atoms with Crippen LogP contribution in [0.25, 0.3) is 99.3 Å². The van der Waals surface area contributed by atoms with Crippen LogP contribution in [0.1, 0.15) is 5.82 Å². The number of aromatic nitrogens is 3. The molecule has 3 heterocycles. The molecule has 0 amide bonds. The van der Waals surface area contributed by atoms with Crippen LogP contribution in [0.15, 0.2) is 179 Å². The van der Waals surface area contributed by atoms with Crippen LogP contribution in [0, 0.1) is 0 Å². The van der Waals surface area contributed by atoms with E-state index in [0.29, 0.717) is 23.9 Å². The maximum atomic E-state index is 6.45. The van der Waals surface area contributed by atoms with Crippen molar-refractivity contribution >= 4 is 65.4 Å². The maximum absolute atomic E-state index is 6.45. The molecule has 0 fully saturated rings. The molecule has 0 atom stereocenters. The van der Waals surface area contributed by atoms with Crippen LogP contribution >= 0.6 is 0 Å².